The monoisotopic (exact) mass is 196 g/mol. The first-order chi connectivity index (χ1) is 6.85. The maximum Gasteiger partial charge on any atom is 0.0252 e. The van der Waals surface area contributed by atoms with Crippen LogP contribution in [0.5, 0.6) is 0 Å². The second kappa shape index (κ2) is 4.63. The molecule has 3 heterocycles. The molecule has 0 amide bonds. The van der Waals surface area contributed by atoms with Gasteiger partial charge in [-0.3, -0.25) is 9.80 Å². The van der Waals surface area contributed by atoms with Crippen molar-refractivity contribution in [1.29, 1.82) is 0 Å². The Labute approximate surface area is 88.3 Å². The summed E-state index contributed by atoms with van der Waals surface area (Å²) in [5.74, 6) is 0.947. The van der Waals surface area contributed by atoms with Crippen molar-refractivity contribution in [3.8, 4) is 0 Å². The van der Waals surface area contributed by atoms with E-state index in [1.807, 2.05) is 0 Å². The molecule has 2 heteroatoms. The minimum absolute atomic E-state index is 0.877. The maximum absolute atomic E-state index is 2.74. The van der Waals surface area contributed by atoms with Gasteiger partial charge in [0, 0.05) is 38.8 Å². The highest BCUT2D eigenvalue weighted by Gasteiger charge is 2.35. The molecule has 2 unspecified atom stereocenters. The summed E-state index contributed by atoms with van der Waals surface area (Å²) in [7, 11) is 0. The first-order valence-electron chi connectivity index (χ1n) is 6.31. The third kappa shape index (κ3) is 1.96. The standard InChI is InChI=1S/C12H24N2/c1-3-5-11(4-2)12-10-13-6-8-14(12)9-7-13/h11-12H,3-10H2,1-2H3. The molecular formula is C12H24N2. The quantitative estimate of drug-likeness (QED) is 0.676. The molecule has 3 saturated heterocycles. The van der Waals surface area contributed by atoms with Gasteiger partial charge < -0.3 is 0 Å². The van der Waals surface area contributed by atoms with E-state index < -0.39 is 0 Å². The number of rotatable bonds is 4. The molecule has 3 fully saturated rings. The third-order valence-electron chi connectivity index (χ3n) is 4.05. The number of hydrogen-bond acceptors (Lipinski definition) is 2. The lowest BCUT2D eigenvalue weighted by Gasteiger charge is -2.50. The molecule has 0 aromatic heterocycles. The minimum Gasteiger partial charge on any atom is -0.299 e. The van der Waals surface area contributed by atoms with E-state index in [1.165, 1.54) is 52.0 Å². The van der Waals surface area contributed by atoms with Crippen molar-refractivity contribution < 1.29 is 0 Å². The number of piperazine rings is 3. The van der Waals surface area contributed by atoms with Gasteiger partial charge in [-0.15, -0.1) is 0 Å². The highest BCUT2D eigenvalue weighted by atomic mass is 15.3. The van der Waals surface area contributed by atoms with E-state index in [4.69, 9.17) is 0 Å². The zero-order chi connectivity index (χ0) is 9.97. The molecule has 0 spiro atoms. The second-order valence-electron chi connectivity index (χ2n) is 4.86. The summed E-state index contributed by atoms with van der Waals surface area (Å²) in [5.41, 5.74) is 0. The number of hydrogen-bond donors (Lipinski definition) is 0. The van der Waals surface area contributed by atoms with Crippen molar-refractivity contribution in [3.05, 3.63) is 0 Å². The van der Waals surface area contributed by atoms with Gasteiger partial charge in [0.2, 0.25) is 0 Å². The fraction of sp³-hybridized carbons (Fsp3) is 1.00. The van der Waals surface area contributed by atoms with Gasteiger partial charge >= 0.3 is 0 Å². The second-order valence-corrected chi connectivity index (χ2v) is 4.86. The number of nitrogens with zero attached hydrogens (tertiary/aromatic N) is 2. The summed E-state index contributed by atoms with van der Waals surface area (Å²) >= 11 is 0. The summed E-state index contributed by atoms with van der Waals surface area (Å²) in [6.45, 7) is 11.3. The molecule has 82 valence electrons. The summed E-state index contributed by atoms with van der Waals surface area (Å²) in [6.07, 6.45) is 4.14. The van der Waals surface area contributed by atoms with Crippen LogP contribution in [0.15, 0.2) is 0 Å². The lowest BCUT2D eigenvalue weighted by molar-refractivity contribution is -0.0153. The molecule has 0 saturated carbocycles. The van der Waals surface area contributed by atoms with Gasteiger partial charge in [-0.25, -0.2) is 0 Å². The first-order valence-corrected chi connectivity index (χ1v) is 6.31. The normalized spacial score (nSPS) is 38.6. The van der Waals surface area contributed by atoms with E-state index in [0.717, 1.165) is 12.0 Å². The van der Waals surface area contributed by atoms with E-state index in [2.05, 4.69) is 23.6 Å². The number of fused-ring (bicyclic) bond motifs is 3. The van der Waals surface area contributed by atoms with Crippen LogP contribution in [0, 0.1) is 5.92 Å². The van der Waals surface area contributed by atoms with Gasteiger partial charge in [0.1, 0.15) is 0 Å². The molecule has 3 rings (SSSR count). The van der Waals surface area contributed by atoms with Crippen LogP contribution in [-0.2, 0) is 0 Å². The minimum atomic E-state index is 0.877. The van der Waals surface area contributed by atoms with Crippen LogP contribution >= 0.6 is 0 Å². The molecule has 3 aliphatic rings. The summed E-state index contributed by atoms with van der Waals surface area (Å²) in [4.78, 5) is 5.40. The first kappa shape index (κ1) is 10.4. The molecule has 3 aliphatic heterocycles. The smallest absolute Gasteiger partial charge is 0.0252 e. The van der Waals surface area contributed by atoms with Crippen LogP contribution in [0.4, 0.5) is 0 Å². The van der Waals surface area contributed by atoms with Crippen LogP contribution in [0.3, 0.4) is 0 Å². The lowest BCUT2D eigenvalue weighted by atomic mass is 9.88. The molecule has 2 bridgehead atoms. The van der Waals surface area contributed by atoms with Crippen LogP contribution in [0.2, 0.25) is 0 Å². The summed E-state index contributed by atoms with van der Waals surface area (Å²) in [5, 5.41) is 0. The Hall–Kier alpha value is -0.0800. The average Bonchev–Trinajstić information content (AvgIpc) is 2.27. The van der Waals surface area contributed by atoms with Gasteiger partial charge in [-0.1, -0.05) is 26.7 Å². The van der Waals surface area contributed by atoms with E-state index in [0.29, 0.717) is 0 Å². The summed E-state index contributed by atoms with van der Waals surface area (Å²) in [6, 6.07) is 0.877. The van der Waals surface area contributed by atoms with E-state index in [9.17, 15) is 0 Å². The lowest BCUT2D eigenvalue weighted by Crippen LogP contribution is -2.62. The van der Waals surface area contributed by atoms with Crippen molar-refractivity contribution in [2.24, 2.45) is 5.92 Å². The molecule has 0 aromatic carbocycles. The molecule has 2 nitrogen and oxygen atoms in total. The van der Waals surface area contributed by atoms with Gasteiger partial charge in [-0.2, -0.15) is 0 Å². The summed E-state index contributed by atoms with van der Waals surface area (Å²) < 4.78 is 0. The SMILES string of the molecule is CCCC(CC)C1CN2CCN1CC2. The van der Waals surface area contributed by atoms with Gasteiger partial charge in [0.05, 0.1) is 0 Å². The molecule has 0 N–H and O–H groups in total. The Bertz CT molecular complexity index is 173. The van der Waals surface area contributed by atoms with Crippen molar-refractivity contribution >= 4 is 0 Å². The van der Waals surface area contributed by atoms with Crippen LogP contribution < -0.4 is 0 Å². The Morgan fingerprint density at radius 3 is 2.29 bits per heavy atom. The topological polar surface area (TPSA) is 6.48 Å². The predicted molar refractivity (Wildman–Crippen MR) is 60.5 cm³/mol. The zero-order valence-electron chi connectivity index (χ0n) is 9.71. The highest BCUT2D eigenvalue weighted by Crippen LogP contribution is 2.26. The van der Waals surface area contributed by atoms with Gasteiger partial charge in [0.25, 0.3) is 0 Å². The van der Waals surface area contributed by atoms with Crippen LogP contribution in [-0.4, -0.2) is 48.6 Å². The fourth-order valence-electron chi connectivity index (χ4n) is 3.14. The molecule has 0 aromatic rings. The highest BCUT2D eigenvalue weighted by molar-refractivity contribution is 4.91. The van der Waals surface area contributed by atoms with E-state index in [1.54, 1.807) is 0 Å². The van der Waals surface area contributed by atoms with Gasteiger partial charge in [-0.05, 0) is 12.3 Å². The predicted octanol–water partition coefficient (Wildman–Crippen LogP) is 1.81. The fourth-order valence-corrected chi connectivity index (χ4v) is 3.14. The molecule has 2 atom stereocenters. The molecule has 0 aliphatic carbocycles. The Morgan fingerprint density at radius 2 is 1.86 bits per heavy atom. The average molecular weight is 196 g/mol. The van der Waals surface area contributed by atoms with Crippen LogP contribution in [0.25, 0.3) is 0 Å². The molecular weight excluding hydrogens is 172 g/mol. The van der Waals surface area contributed by atoms with E-state index in [-0.39, 0.29) is 0 Å². The Morgan fingerprint density at radius 1 is 1.14 bits per heavy atom. The maximum atomic E-state index is 2.74. The van der Waals surface area contributed by atoms with Crippen LogP contribution in [0.1, 0.15) is 33.1 Å². The molecule has 14 heavy (non-hydrogen) atoms. The molecule has 0 radical (unpaired) electrons. The van der Waals surface area contributed by atoms with Crippen molar-refractivity contribution in [2.75, 3.05) is 32.7 Å². The van der Waals surface area contributed by atoms with Crippen molar-refractivity contribution in [3.63, 3.8) is 0 Å². The van der Waals surface area contributed by atoms with Crippen molar-refractivity contribution in [2.45, 2.75) is 39.2 Å². The Kier molecular flexibility index (Phi) is 3.45. The van der Waals surface area contributed by atoms with E-state index >= 15 is 0 Å². The van der Waals surface area contributed by atoms with Gasteiger partial charge in [0.15, 0.2) is 0 Å². The zero-order valence-corrected chi connectivity index (χ0v) is 9.71. The Balaban J connectivity index is 1.95. The van der Waals surface area contributed by atoms with Crippen molar-refractivity contribution in [1.82, 2.24) is 9.80 Å². The largest absolute Gasteiger partial charge is 0.299 e. The third-order valence-corrected chi connectivity index (χ3v) is 4.05.